The van der Waals surface area contributed by atoms with Gasteiger partial charge in [0.25, 0.3) is 0 Å². The Bertz CT molecular complexity index is 147. The minimum atomic E-state index is 0.194. The Hall–Kier alpha value is -0.550. The summed E-state index contributed by atoms with van der Waals surface area (Å²) < 4.78 is 0. The largest absolute Gasteiger partial charge is 0.301 e. The smallest absolute Gasteiger partial charge is 0.0984 e. The Labute approximate surface area is 48.5 Å². The normalized spacial score (nSPS) is 50.1. The molecule has 3 atom stereocenters. The highest BCUT2D eigenvalue weighted by molar-refractivity contribution is 5.11. The van der Waals surface area contributed by atoms with Crippen molar-refractivity contribution in [3.8, 4) is 6.07 Å². The van der Waals surface area contributed by atoms with Crippen molar-refractivity contribution in [2.24, 2.45) is 11.8 Å². The lowest BCUT2D eigenvalue weighted by atomic mass is 10.2. The van der Waals surface area contributed by atoms with Gasteiger partial charge in [0.15, 0.2) is 0 Å². The minimum absolute atomic E-state index is 0.194. The molecular formula is C6H8N2. The summed E-state index contributed by atoms with van der Waals surface area (Å²) >= 11 is 0. The molecule has 0 aromatic heterocycles. The second-order valence-electron chi connectivity index (χ2n) is 2.67. The quantitative estimate of drug-likeness (QED) is 0.478. The van der Waals surface area contributed by atoms with Crippen LogP contribution in [0.15, 0.2) is 0 Å². The molecule has 0 bridgehead atoms. The van der Waals surface area contributed by atoms with E-state index in [1.807, 2.05) is 0 Å². The highest BCUT2D eigenvalue weighted by atomic mass is 15.0. The number of nitrogens with zero attached hydrogens (tertiary/aromatic N) is 1. The Kier molecular flexibility index (Phi) is 0.671. The summed E-state index contributed by atoms with van der Waals surface area (Å²) in [4.78, 5) is 0. The van der Waals surface area contributed by atoms with Crippen molar-refractivity contribution in [2.45, 2.75) is 12.5 Å². The first kappa shape index (κ1) is 4.34. The first-order chi connectivity index (χ1) is 3.92. The fraction of sp³-hybridized carbons (Fsp3) is 0.833. The maximum atomic E-state index is 8.45. The topological polar surface area (TPSA) is 35.8 Å². The van der Waals surface area contributed by atoms with E-state index < -0.39 is 0 Å². The average molecular weight is 108 g/mol. The SMILES string of the molecule is N#C[C@H]1NC[C@@H]2C[C@@H]21. The zero-order valence-corrected chi connectivity index (χ0v) is 4.59. The molecule has 1 heterocycles. The van der Waals surface area contributed by atoms with Crippen LogP contribution in [0.4, 0.5) is 0 Å². The van der Waals surface area contributed by atoms with Crippen molar-refractivity contribution in [1.29, 1.82) is 5.26 Å². The summed E-state index contributed by atoms with van der Waals surface area (Å²) in [6.45, 7) is 1.09. The number of hydrogen-bond acceptors (Lipinski definition) is 2. The van der Waals surface area contributed by atoms with Crippen LogP contribution in [0.1, 0.15) is 6.42 Å². The summed E-state index contributed by atoms with van der Waals surface area (Å²) in [5, 5.41) is 11.6. The van der Waals surface area contributed by atoms with Gasteiger partial charge in [0, 0.05) is 0 Å². The van der Waals surface area contributed by atoms with E-state index in [0.29, 0.717) is 0 Å². The molecular weight excluding hydrogens is 100 g/mol. The molecule has 8 heavy (non-hydrogen) atoms. The third-order valence-corrected chi connectivity index (χ3v) is 2.14. The lowest BCUT2D eigenvalue weighted by molar-refractivity contribution is 0.640. The first-order valence-electron chi connectivity index (χ1n) is 3.05. The van der Waals surface area contributed by atoms with Gasteiger partial charge in [-0.3, -0.25) is 0 Å². The van der Waals surface area contributed by atoms with Gasteiger partial charge in [-0.1, -0.05) is 0 Å². The molecule has 1 aliphatic heterocycles. The van der Waals surface area contributed by atoms with Gasteiger partial charge in [-0.25, -0.2) is 0 Å². The monoisotopic (exact) mass is 108 g/mol. The number of fused-ring (bicyclic) bond motifs is 1. The third-order valence-electron chi connectivity index (χ3n) is 2.14. The van der Waals surface area contributed by atoms with E-state index in [-0.39, 0.29) is 6.04 Å². The van der Waals surface area contributed by atoms with Crippen LogP contribution in [0.25, 0.3) is 0 Å². The summed E-state index contributed by atoms with van der Waals surface area (Å²) in [5.74, 6) is 1.58. The molecule has 1 aliphatic carbocycles. The van der Waals surface area contributed by atoms with Crippen LogP contribution in [0.5, 0.6) is 0 Å². The molecule has 1 N–H and O–H groups in total. The molecule has 2 heteroatoms. The van der Waals surface area contributed by atoms with Gasteiger partial charge in [-0.2, -0.15) is 5.26 Å². The molecule has 0 aromatic rings. The van der Waals surface area contributed by atoms with Gasteiger partial charge in [0.2, 0.25) is 0 Å². The molecule has 1 saturated carbocycles. The van der Waals surface area contributed by atoms with E-state index >= 15 is 0 Å². The molecule has 2 rings (SSSR count). The zero-order valence-electron chi connectivity index (χ0n) is 4.59. The highest BCUT2D eigenvalue weighted by Gasteiger charge is 2.48. The van der Waals surface area contributed by atoms with Crippen LogP contribution >= 0.6 is 0 Å². The average Bonchev–Trinajstić information content (AvgIpc) is 2.46. The summed E-state index contributed by atoms with van der Waals surface area (Å²) in [7, 11) is 0. The Morgan fingerprint density at radius 3 is 2.75 bits per heavy atom. The van der Waals surface area contributed by atoms with E-state index in [0.717, 1.165) is 18.4 Å². The maximum absolute atomic E-state index is 8.45. The lowest BCUT2D eigenvalue weighted by Crippen LogP contribution is -2.23. The van der Waals surface area contributed by atoms with E-state index in [1.54, 1.807) is 0 Å². The third kappa shape index (κ3) is 0.399. The van der Waals surface area contributed by atoms with Crippen LogP contribution in [-0.4, -0.2) is 12.6 Å². The number of nitrogens with one attached hydrogen (secondary N) is 1. The van der Waals surface area contributed by atoms with Gasteiger partial charge < -0.3 is 5.32 Å². The highest BCUT2D eigenvalue weighted by Crippen LogP contribution is 2.44. The molecule has 2 aliphatic rings. The van der Waals surface area contributed by atoms with Gasteiger partial charge >= 0.3 is 0 Å². The molecule has 0 amide bonds. The Morgan fingerprint density at radius 2 is 2.50 bits per heavy atom. The second-order valence-corrected chi connectivity index (χ2v) is 2.67. The molecule has 0 radical (unpaired) electrons. The van der Waals surface area contributed by atoms with Crippen LogP contribution in [0.2, 0.25) is 0 Å². The Balaban J connectivity index is 2.09. The summed E-state index contributed by atoms with van der Waals surface area (Å²) in [6.07, 6.45) is 1.30. The molecule has 2 fully saturated rings. The van der Waals surface area contributed by atoms with E-state index in [1.165, 1.54) is 6.42 Å². The molecule has 2 nitrogen and oxygen atoms in total. The molecule has 0 unspecified atom stereocenters. The van der Waals surface area contributed by atoms with Crippen LogP contribution in [-0.2, 0) is 0 Å². The van der Waals surface area contributed by atoms with E-state index in [4.69, 9.17) is 5.26 Å². The predicted octanol–water partition coefficient (Wildman–Crippen LogP) is 0.118. The van der Waals surface area contributed by atoms with E-state index in [9.17, 15) is 0 Å². The van der Waals surface area contributed by atoms with Gasteiger partial charge in [0.05, 0.1) is 12.1 Å². The fourth-order valence-electron chi connectivity index (χ4n) is 1.49. The van der Waals surface area contributed by atoms with Crippen molar-refractivity contribution in [3.05, 3.63) is 0 Å². The van der Waals surface area contributed by atoms with Crippen molar-refractivity contribution < 1.29 is 0 Å². The van der Waals surface area contributed by atoms with Crippen molar-refractivity contribution in [2.75, 3.05) is 6.54 Å². The van der Waals surface area contributed by atoms with Crippen molar-refractivity contribution in [3.63, 3.8) is 0 Å². The van der Waals surface area contributed by atoms with Crippen LogP contribution < -0.4 is 5.32 Å². The minimum Gasteiger partial charge on any atom is -0.301 e. The molecule has 1 saturated heterocycles. The number of rotatable bonds is 0. The standard InChI is InChI=1S/C6H8N2/c7-2-6-5-1-4(5)3-8-6/h4-6,8H,1,3H2/t4-,5-,6+/m0/s1. The van der Waals surface area contributed by atoms with Gasteiger partial charge in [-0.05, 0) is 24.8 Å². The van der Waals surface area contributed by atoms with Crippen molar-refractivity contribution in [1.82, 2.24) is 5.32 Å². The summed E-state index contributed by atoms with van der Waals surface area (Å²) in [6, 6.07) is 2.44. The first-order valence-corrected chi connectivity index (χ1v) is 3.05. The van der Waals surface area contributed by atoms with E-state index in [2.05, 4.69) is 11.4 Å². The lowest BCUT2D eigenvalue weighted by Gasteiger charge is -1.98. The number of hydrogen-bond donors (Lipinski definition) is 1. The number of piperidine rings is 1. The molecule has 0 aromatic carbocycles. The summed E-state index contributed by atoms with van der Waals surface area (Å²) in [5.41, 5.74) is 0. The Morgan fingerprint density at radius 1 is 1.62 bits per heavy atom. The predicted molar refractivity (Wildman–Crippen MR) is 29.0 cm³/mol. The van der Waals surface area contributed by atoms with Gasteiger partial charge in [0.1, 0.15) is 0 Å². The number of nitriles is 1. The van der Waals surface area contributed by atoms with Gasteiger partial charge in [-0.15, -0.1) is 0 Å². The molecule has 42 valence electrons. The van der Waals surface area contributed by atoms with Crippen molar-refractivity contribution >= 4 is 0 Å². The maximum Gasteiger partial charge on any atom is 0.0984 e. The van der Waals surface area contributed by atoms with Crippen LogP contribution in [0.3, 0.4) is 0 Å². The second kappa shape index (κ2) is 1.24. The van der Waals surface area contributed by atoms with Crippen LogP contribution in [0, 0.1) is 23.2 Å². The molecule has 0 spiro atoms. The zero-order chi connectivity index (χ0) is 5.56. The fourth-order valence-corrected chi connectivity index (χ4v) is 1.49.